The van der Waals surface area contributed by atoms with Gasteiger partial charge in [-0.25, -0.2) is 10.0 Å². The Hall–Kier alpha value is -0.0800. The van der Waals surface area contributed by atoms with Crippen molar-refractivity contribution in [1.29, 1.82) is 0 Å². The largest absolute Gasteiger partial charge is 0.245 e. The SMILES string of the molecule is CCCCN(C)N(C)CC(C)C. The van der Waals surface area contributed by atoms with Gasteiger partial charge in [-0.3, -0.25) is 0 Å². The second-order valence-electron chi connectivity index (χ2n) is 3.97. The van der Waals surface area contributed by atoms with Crippen LogP contribution in [0, 0.1) is 5.92 Å². The summed E-state index contributed by atoms with van der Waals surface area (Å²) < 4.78 is 0. The normalized spacial score (nSPS) is 12.0. The minimum Gasteiger partial charge on any atom is -0.245 e. The van der Waals surface area contributed by atoms with Crippen LogP contribution in [0.2, 0.25) is 0 Å². The van der Waals surface area contributed by atoms with Crippen LogP contribution in [0.5, 0.6) is 0 Å². The molecule has 0 aromatic carbocycles. The summed E-state index contributed by atoms with van der Waals surface area (Å²) in [6.45, 7) is 9.07. The lowest BCUT2D eigenvalue weighted by Crippen LogP contribution is -2.39. The molecule has 2 heteroatoms. The Balaban J connectivity index is 3.53. The van der Waals surface area contributed by atoms with Gasteiger partial charge in [0.15, 0.2) is 0 Å². The van der Waals surface area contributed by atoms with Crippen molar-refractivity contribution in [2.24, 2.45) is 5.92 Å². The molecule has 0 spiro atoms. The highest BCUT2D eigenvalue weighted by Crippen LogP contribution is 2.00. The Morgan fingerprint density at radius 2 is 1.67 bits per heavy atom. The summed E-state index contributed by atoms with van der Waals surface area (Å²) in [5.41, 5.74) is 0. The lowest BCUT2D eigenvalue weighted by molar-refractivity contribution is 0.0157. The molecule has 12 heavy (non-hydrogen) atoms. The molecule has 74 valence electrons. The van der Waals surface area contributed by atoms with E-state index in [9.17, 15) is 0 Å². The minimum absolute atomic E-state index is 0.749. The topological polar surface area (TPSA) is 6.48 Å². The van der Waals surface area contributed by atoms with Gasteiger partial charge in [-0.05, 0) is 12.3 Å². The summed E-state index contributed by atoms with van der Waals surface area (Å²) >= 11 is 0. The minimum atomic E-state index is 0.749. The van der Waals surface area contributed by atoms with Crippen LogP contribution in [-0.2, 0) is 0 Å². The van der Waals surface area contributed by atoms with Gasteiger partial charge in [0.05, 0.1) is 0 Å². The first kappa shape index (κ1) is 11.9. The summed E-state index contributed by atoms with van der Waals surface area (Å²) in [7, 11) is 4.33. The third kappa shape index (κ3) is 5.56. The van der Waals surface area contributed by atoms with Gasteiger partial charge < -0.3 is 0 Å². The highest BCUT2D eigenvalue weighted by Gasteiger charge is 2.06. The molecule has 0 aliphatic heterocycles. The van der Waals surface area contributed by atoms with E-state index >= 15 is 0 Å². The number of hydrogen-bond donors (Lipinski definition) is 0. The Morgan fingerprint density at radius 3 is 2.08 bits per heavy atom. The van der Waals surface area contributed by atoms with E-state index in [4.69, 9.17) is 0 Å². The molecule has 0 N–H and O–H groups in total. The van der Waals surface area contributed by atoms with Crippen molar-refractivity contribution in [3.8, 4) is 0 Å². The van der Waals surface area contributed by atoms with E-state index in [0.717, 1.165) is 12.5 Å². The fraction of sp³-hybridized carbons (Fsp3) is 1.00. The monoisotopic (exact) mass is 172 g/mol. The number of nitrogens with zero attached hydrogens (tertiary/aromatic N) is 2. The zero-order valence-corrected chi connectivity index (χ0v) is 9.30. The Labute approximate surface area is 77.5 Å². The second-order valence-corrected chi connectivity index (χ2v) is 3.97. The van der Waals surface area contributed by atoms with Crippen LogP contribution in [0.1, 0.15) is 33.6 Å². The average molecular weight is 172 g/mol. The lowest BCUT2D eigenvalue weighted by Gasteiger charge is -2.29. The summed E-state index contributed by atoms with van der Waals surface area (Å²) in [6, 6.07) is 0. The van der Waals surface area contributed by atoms with Gasteiger partial charge in [0.25, 0.3) is 0 Å². The quantitative estimate of drug-likeness (QED) is 0.567. The smallest absolute Gasteiger partial charge is 0.0153 e. The summed E-state index contributed by atoms with van der Waals surface area (Å²) in [6.07, 6.45) is 2.57. The molecule has 0 aliphatic carbocycles. The summed E-state index contributed by atoms with van der Waals surface area (Å²) in [5, 5.41) is 4.61. The molecule has 0 aromatic rings. The van der Waals surface area contributed by atoms with E-state index in [1.165, 1.54) is 19.4 Å². The maximum absolute atomic E-state index is 2.31. The Morgan fingerprint density at radius 1 is 1.08 bits per heavy atom. The van der Waals surface area contributed by atoms with Crippen molar-refractivity contribution in [2.75, 3.05) is 27.2 Å². The molecule has 0 saturated carbocycles. The van der Waals surface area contributed by atoms with Crippen LogP contribution in [0.4, 0.5) is 0 Å². The van der Waals surface area contributed by atoms with E-state index in [-0.39, 0.29) is 0 Å². The number of unbranched alkanes of at least 4 members (excludes halogenated alkanes) is 1. The fourth-order valence-corrected chi connectivity index (χ4v) is 1.23. The molecule has 0 amide bonds. The van der Waals surface area contributed by atoms with Crippen LogP contribution < -0.4 is 0 Å². The van der Waals surface area contributed by atoms with E-state index in [0.29, 0.717) is 0 Å². The van der Waals surface area contributed by atoms with Crippen molar-refractivity contribution >= 4 is 0 Å². The second kappa shape index (κ2) is 6.44. The van der Waals surface area contributed by atoms with Crippen molar-refractivity contribution in [1.82, 2.24) is 10.0 Å². The molecule has 0 atom stereocenters. The van der Waals surface area contributed by atoms with Crippen molar-refractivity contribution in [2.45, 2.75) is 33.6 Å². The number of hydrogen-bond acceptors (Lipinski definition) is 2. The Kier molecular flexibility index (Phi) is 6.39. The molecular weight excluding hydrogens is 148 g/mol. The lowest BCUT2D eigenvalue weighted by atomic mass is 10.2. The van der Waals surface area contributed by atoms with Crippen molar-refractivity contribution in [3.63, 3.8) is 0 Å². The first-order valence-electron chi connectivity index (χ1n) is 5.00. The van der Waals surface area contributed by atoms with Crippen LogP contribution in [0.25, 0.3) is 0 Å². The molecular formula is C10H24N2. The van der Waals surface area contributed by atoms with Gasteiger partial charge in [0, 0.05) is 27.2 Å². The first-order valence-corrected chi connectivity index (χ1v) is 5.00. The van der Waals surface area contributed by atoms with Crippen molar-refractivity contribution < 1.29 is 0 Å². The maximum Gasteiger partial charge on any atom is 0.0153 e. The van der Waals surface area contributed by atoms with Gasteiger partial charge in [0.1, 0.15) is 0 Å². The highest BCUT2D eigenvalue weighted by molar-refractivity contribution is 4.52. The third-order valence-electron chi connectivity index (χ3n) is 2.05. The van der Waals surface area contributed by atoms with Crippen molar-refractivity contribution in [3.05, 3.63) is 0 Å². The molecule has 0 radical (unpaired) electrons. The highest BCUT2D eigenvalue weighted by atomic mass is 15.6. The van der Waals surface area contributed by atoms with Gasteiger partial charge in [-0.1, -0.05) is 27.2 Å². The van der Waals surface area contributed by atoms with Crippen LogP contribution >= 0.6 is 0 Å². The molecule has 0 saturated heterocycles. The zero-order valence-electron chi connectivity index (χ0n) is 9.30. The molecule has 0 aromatic heterocycles. The molecule has 0 aliphatic rings. The van der Waals surface area contributed by atoms with Gasteiger partial charge in [0.2, 0.25) is 0 Å². The van der Waals surface area contributed by atoms with Crippen LogP contribution in [-0.4, -0.2) is 37.2 Å². The standard InChI is InChI=1S/C10H24N2/c1-6-7-8-11(4)12(5)9-10(2)3/h10H,6-9H2,1-5H3. The first-order chi connectivity index (χ1) is 5.57. The summed E-state index contributed by atoms with van der Waals surface area (Å²) in [5.74, 6) is 0.749. The molecule has 0 fully saturated rings. The average Bonchev–Trinajstić information content (AvgIpc) is 1.98. The zero-order chi connectivity index (χ0) is 9.56. The molecule has 0 rings (SSSR count). The van der Waals surface area contributed by atoms with Gasteiger partial charge >= 0.3 is 0 Å². The van der Waals surface area contributed by atoms with E-state index in [1.807, 2.05) is 0 Å². The molecule has 2 nitrogen and oxygen atoms in total. The van der Waals surface area contributed by atoms with E-state index in [1.54, 1.807) is 0 Å². The number of hydrazine groups is 1. The molecule has 0 heterocycles. The predicted molar refractivity (Wildman–Crippen MR) is 55.0 cm³/mol. The maximum atomic E-state index is 2.31. The fourth-order valence-electron chi connectivity index (χ4n) is 1.23. The molecule has 0 unspecified atom stereocenters. The third-order valence-corrected chi connectivity index (χ3v) is 2.05. The number of rotatable bonds is 6. The van der Waals surface area contributed by atoms with E-state index < -0.39 is 0 Å². The molecule has 0 bridgehead atoms. The van der Waals surface area contributed by atoms with Gasteiger partial charge in [-0.15, -0.1) is 0 Å². The van der Waals surface area contributed by atoms with E-state index in [2.05, 4.69) is 44.9 Å². The van der Waals surface area contributed by atoms with Crippen LogP contribution in [0.3, 0.4) is 0 Å². The van der Waals surface area contributed by atoms with Gasteiger partial charge in [-0.2, -0.15) is 0 Å². The Bertz CT molecular complexity index is 102. The summed E-state index contributed by atoms with van der Waals surface area (Å²) in [4.78, 5) is 0. The van der Waals surface area contributed by atoms with Crippen LogP contribution in [0.15, 0.2) is 0 Å². The predicted octanol–water partition coefficient (Wildman–Crippen LogP) is 2.22.